The number of halogens is 1. The predicted octanol–water partition coefficient (Wildman–Crippen LogP) is 0.898. The van der Waals surface area contributed by atoms with Crippen molar-refractivity contribution in [2.75, 3.05) is 18.6 Å². The van der Waals surface area contributed by atoms with Gasteiger partial charge in [0.05, 0.1) is 5.75 Å². The molecule has 0 aromatic heterocycles. The van der Waals surface area contributed by atoms with Crippen molar-refractivity contribution in [1.82, 2.24) is 10.2 Å². The lowest BCUT2D eigenvalue weighted by Crippen LogP contribution is -2.50. The molecular weight excluding hydrogens is 354 g/mol. The maximum Gasteiger partial charge on any atom is 0.259 e. The Balaban J connectivity index is 3.05. The Hall–Kier alpha value is -2.11. The van der Waals surface area contributed by atoms with E-state index in [0.29, 0.717) is 5.56 Å². The lowest BCUT2D eigenvalue weighted by Gasteiger charge is -2.21. The van der Waals surface area contributed by atoms with Gasteiger partial charge >= 0.3 is 0 Å². The number of carbonyl (C=O) groups is 2. The van der Waals surface area contributed by atoms with Gasteiger partial charge in [-0.05, 0) is 24.6 Å². The quantitative estimate of drug-likeness (QED) is 0.435. The Bertz CT molecular complexity index is 758. The van der Waals surface area contributed by atoms with Gasteiger partial charge in [-0.1, -0.05) is 12.1 Å². The smallest absolute Gasteiger partial charge is 0.259 e. The molecule has 0 radical (unpaired) electrons. The average Bonchev–Trinajstić information content (AvgIpc) is 2.54. The molecule has 9 heteroatoms. The molecular formula is C15H18ClN3O4S. The third kappa shape index (κ3) is 5.83. The number of nitriles is 1. The Morgan fingerprint density at radius 3 is 2.58 bits per heavy atom. The summed E-state index contributed by atoms with van der Waals surface area (Å²) in [6.07, 6.45) is 2.62. The number of hydrogen-bond acceptors (Lipinski definition) is 5. The fraction of sp³-hybridized carbons (Fsp3) is 0.400. The number of nitrogens with one attached hydrogen (secondary N) is 1. The van der Waals surface area contributed by atoms with E-state index in [9.17, 15) is 18.0 Å². The van der Waals surface area contributed by atoms with Crippen molar-refractivity contribution in [2.24, 2.45) is 0 Å². The van der Waals surface area contributed by atoms with Gasteiger partial charge in [0.25, 0.3) is 11.8 Å². The molecule has 0 bridgehead atoms. The van der Waals surface area contributed by atoms with Crippen molar-refractivity contribution in [3.05, 3.63) is 35.4 Å². The number of sulfone groups is 1. The zero-order valence-corrected chi connectivity index (χ0v) is 14.9. The SMILES string of the molecule is CCN(C#N)C(=O)C(CS(C)(=O)=O)NC(=O)c1cccc(CCl)c1. The van der Waals surface area contributed by atoms with E-state index < -0.39 is 33.4 Å². The molecule has 7 nitrogen and oxygen atoms in total. The van der Waals surface area contributed by atoms with Gasteiger partial charge < -0.3 is 5.32 Å². The Labute approximate surface area is 146 Å². The number of likely N-dealkylation sites (N-methyl/N-ethyl adjacent to an activating group) is 1. The van der Waals surface area contributed by atoms with Gasteiger partial charge in [-0.3, -0.25) is 9.59 Å². The summed E-state index contributed by atoms with van der Waals surface area (Å²) < 4.78 is 23.1. The first-order valence-electron chi connectivity index (χ1n) is 7.06. The fourth-order valence-corrected chi connectivity index (χ4v) is 2.98. The number of nitrogens with zero attached hydrogens (tertiary/aromatic N) is 2. The van der Waals surface area contributed by atoms with Crippen molar-refractivity contribution >= 4 is 33.3 Å². The van der Waals surface area contributed by atoms with E-state index in [1.165, 1.54) is 6.07 Å². The molecule has 0 heterocycles. The second kappa shape index (κ2) is 8.66. The minimum absolute atomic E-state index is 0.0766. The molecule has 0 fully saturated rings. The van der Waals surface area contributed by atoms with Crippen LogP contribution in [0.4, 0.5) is 0 Å². The molecule has 0 aliphatic carbocycles. The standard InChI is InChI=1S/C15H18ClN3O4S/c1-3-19(10-17)15(21)13(9-24(2,22)23)18-14(20)12-6-4-5-11(7-12)8-16/h4-7,13H,3,8-9H2,1-2H3,(H,18,20). The Morgan fingerprint density at radius 2 is 2.08 bits per heavy atom. The largest absolute Gasteiger partial charge is 0.339 e. The summed E-state index contributed by atoms with van der Waals surface area (Å²) in [5, 5.41) is 11.3. The highest BCUT2D eigenvalue weighted by Gasteiger charge is 2.29. The van der Waals surface area contributed by atoms with Crippen LogP contribution in [0.1, 0.15) is 22.8 Å². The van der Waals surface area contributed by atoms with E-state index in [1.807, 2.05) is 0 Å². The van der Waals surface area contributed by atoms with Crippen LogP contribution in [0.25, 0.3) is 0 Å². The minimum atomic E-state index is -3.55. The number of rotatable bonds is 7. The van der Waals surface area contributed by atoms with Gasteiger partial charge in [-0.2, -0.15) is 5.26 Å². The van der Waals surface area contributed by atoms with E-state index in [1.54, 1.807) is 31.3 Å². The minimum Gasteiger partial charge on any atom is -0.339 e. The van der Waals surface area contributed by atoms with E-state index in [4.69, 9.17) is 16.9 Å². The molecule has 1 unspecified atom stereocenters. The summed E-state index contributed by atoms with van der Waals surface area (Å²) in [5.74, 6) is -1.76. The lowest BCUT2D eigenvalue weighted by atomic mass is 10.1. The third-order valence-corrected chi connectivity index (χ3v) is 4.37. The van der Waals surface area contributed by atoms with E-state index in [0.717, 1.165) is 11.2 Å². The van der Waals surface area contributed by atoms with Crippen LogP contribution in [0.2, 0.25) is 0 Å². The number of carbonyl (C=O) groups excluding carboxylic acids is 2. The van der Waals surface area contributed by atoms with Gasteiger partial charge in [-0.25, -0.2) is 13.3 Å². The fourth-order valence-electron chi connectivity index (χ4n) is 1.98. The molecule has 0 aliphatic heterocycles. The highest BCUT2D eigenvalue weighted by Crippen LogP contribution is 2.09. The summed E-state index contributed by atoms with van der Waals surface area (Å²) in [7, 11) is -3.55. The van der Waals surface area contributed by atoms with Crippen LogP contribution < -0.4 is 5.32 Å². The number of benzene rings is 1. The monoisotopic (exact) mass is 371 g/mol. The van der Waals surface area contributed by atoms with Crippen LogP contribution in [0.5, 0.6) is 0 Å². The van der Waals surface area contributed by atoms with Crippen LogP contribution >= 0.6 is 11.6 Å². The van der Waals surface area contributed by atoms with Crippen LogP contribution in [0.15, 0.2) is 24.3 Å². The lowest BCUT2D eigenvalue weighted by molar-refractivity contribution is -0.129. The summed E-state index contributed by atoms with van der Waals surface area (Å²) in [6, 6.07) is 5.10. The van der Waals surface area contributed by atoms with Crippen molar-refractivity contribution in [2.45, 2.75) is 18.8 Å². The third-order valence-electron chi connectivity index (χ3n) is 3.12. The first-order valence-corrected chi connectivity index (χ1v) is 9.66. The van der Waals surface area contributed by atoms with Gasteiger partial charge in [0.2, 0.25) is 0 Å². The molecule has 0 saturated carbocycles. The number of amides is 2. The van der Waals surface area contributed by atoms with E-state index in [2.05, 4.69) is 5.32 Å². The molecule has 0 spiro atoms. The van der Waals surface area contributed by atoms with Gasteiger partial charge in [0.15, 0.2) is 6.19 Å². The molecule has 130 valence electrons. The number of hydrogen-bond donors (Lipinski definition) is 1. The number of alkyl halides is 1. The van der Waals surface area contributed by atoms with Crippen molar-refractivity contribution in [3.8, 4) is 6.19 Å². The van der Waals surface area contributed by atoms with E-state index >= 15 is 0 Å². The molecule has 24 heavy (non-hydrogen) atoms. The average molecular weight is 372 g/mol. The normalized spacial score (nSPS) is 12.1. The highest BCUT2D eigenvalue weighted by molar-refractivity contribution is 7.90. The summed E-state index contributed by atoms with van der Waals surface area (Å²) >= 11 is 5.72. The maximum absolute atomic E-state index is 12.3. The zero-order chi connectivity index (χ0) is 18.3. The van der Waals surface area contributed by atoms with Gasteiger partial charge in [0.1, 0.15) is 15.9 Å². The Kier molecular flexibility index (Phi) is 7.19. The molecule has 1 rings (SSSR count). The molecule has 1 aromatic rings. The summed E-state index contributed by atoms with van der Waals surface area (Å²) in [4.78, 5) is 25.4. The Morgan fingerprint density at radius 1 is 1.42 bits per heavy atom. The molecule has 1 atom stereocenters. The summed E-state index contributed by atoms with van der Waals surface area (Å²) in [5.41, 5.74) is 0.960. The maximum atomic E-state index is 12.3. The molecule has 1 aromatic carbocycles. The predicted molar refractivity (Wildman–Crippen MR) is 90.0 cm³/mol. The molecule has 0 saturated heterocycles. The molecule has 2 amide bonds. The van der Waals surface area contributed by atoms with Crippen molar-refractivity contribution in [3.63, 3.8) is 0 Å². The summed E-state index contributed by atoms with van der Waals surface area (Å²) in [6.45, 7) is 1.65. The van der Waals surface area contributed by atoms with Gasteiger partial charge in [-0.15, -0.1) is 11.6 Å². The van der Waals surface area contributed by atoms with Gasteiger partial charge in [0, 0.05) is 24.2 Å². The zero-order valence-electron chi connectivity index (χ0n) is 13.3. The highest BCUT2D eigenvalue weighted by atomic mass is 35.5. The van der Waals surface area contributed by atoms with Crippen LogP contribution in [-0.4, -0.2) is 49.7 Å². The second-order valence-corrected chi connectivity index (χ2v) is 7.59. The second-order valence-electron chi connectivity index (χ2n) is 5.13. The van der Waals surface area contributed by atoms with E-state index in [-0.39, 0.29) is 18.0 Å². The van der Waals surface area contributed by atoms with Crippen LogP contribution in [0, 0.1) is 11.5 Å². The van der Waals surface area contributed by atoms with Crippen molar-refractivity contribution < 1.29 is 18.0 Å². The molecule has 0 aliphatic rings. The first-order chi connectivity index (χ1) is 11.2. The van der Waals surface area contributed by atoms with Crippen molar-refractivity contribution in [1.29, 1.82) is 5.26 Å². The van der Waals surface area contributed by atoms with Crippen LogP contribution in [-0.2, 0) is 20.5 Å². The van der Waals surface area contributed by atoms with Crippen LogP contribution in [0.3, 0.4) is 0 Å². The topological polar surface area (TPSA) is 107 Å². The molecule has 1 N–H and O–H groups in total. The first kappa shape index (κ1) is 19.9.